The average molecular weight is 320 g/mol. The summed E-state index contributed by atoms with van der Waals surface area (Å²) in [7, 11) is 0. The lowest BCUT2D eigenvalue weighted by Crippen LogP contribution is -2.44. The molecule has 0 aromatic carbocycles. The summed E-state index contributed by atoms with van der Waals surface area (Å²) < 4.78 is 22.0. The average Bonchev–Trinajstić information content (AvgIpc) is 2.46. The smallest absolute Gasteiger partial charge is 0.0326 e. The minimum absolute atomic E-state index is 0.574. The van der Waals surface area contributed by atoms with Crippen LogP contribution in [-0.4, -0.2) is 26.9 Å². The lowest BCUT2D eigenvalue weighted by atomic mass is 9.96. The molecule has 4 nitrogen and oxygen atoms in total. The highest BCUT2D eigenvalue weighted by Crippen LogP contribution is 2.17. The summed E-state index contributed by atoms with van der Waals surface area (Å²) in [5.41, 5.74) is 0. The van der Waals surface area contributed by atoms with Gasteiger partial charge < -0.3 is 4.55 Å². The minimum Gasteiger partial charge on any atom is -0.759 e. The fraction of sp³-hybridized carbons (Fsp3) is 1.00. The van der Waals surface area contributed by atoms with E-state index >= 15 is 0 Å². The third-order valence-electron chi connectivity index (χ3n) is 4.25. The van der Waals surface area contributed by atoms with Crippen molar-refractivity contribution in [3.8, 4) is 0 Å². The lowest BCUT2D eigenvalue weighted by Gasteiger charge is -2.31. The highest BCUT2D eigenvalue weighted by atomic mass is 32.2. The van der Waals surface area contributed by atoms with Crippen molar-refractivity contribution < 1.29 is 8.76 Å². The van der Waals surface area contributed by atoms with Crippen LogP contribution in [0, 0.1) is 11.8 Å². The van der Waals surface area contributed by atoms with Crippen molar-refractivity contribution >= 4 is 11.3 Å². The fourth-order valence-corrected chi connectivity index (χ4v) is 3.07. The SMILES string of the molecule is CCCCC(CC)CN(CC(CC)CCCC)NS(=O)[O-]. The quantitative estimate of drug-likeness (QED) is 0.388. The summed E-state index contributed by atoms with van der Waals surface area (Å²) in [5.74, 6) is 1.15. The summed E-state index contributed by atoms with van der Waals surface area (Å²) in [4.78, 5) is 2.61. The van der Waals surface area contributed by atoms with Crippen molar-refractivity contribution in [2.24, 2.45) is 11.8 Å². The second kappa shape index (κ2) is 13.7. The zero-order chi connectivity index (χ0) is 16.1. The molecular formula is C16H35N2O2S-. The third kappa shape index (κ3) is 11.3. The molecule has 0 spiro atoms. The van der Waals surface area contributed by atoms with Crippen LogP contribution in [-0.2, 0) is 11.3 Å². The van der Waals surface area contributed by atoms with Crippen LogP contribution in [0.2, 0.25) is 0 Å². The van der Waals surface area contributed by atoms with E-state index in [0.29, 0.717) is 11.8 Å². The molecule has 21 heavy (non-hydrogen) atoms. The maximum Gasteiger partial charge on any atom is 0.0326 e. The van der Waals surface area contributed by atoms with Crippen LogP contribution in [0.25, 0.3) is 0 Å². The zero-order valence-electron chi connectivity index (χ0n) is 14.4. The molecule has 0 amide bonds. The summed E-state index contributed by atoms with van der Waals surface area (Å²) >= 11 is -2.22. The molecule has 0 aliphatic rings. The van der Waals surface area contributed by atoms with Crippen LogP contribution in [0.5, 0.6) is 0 Å². The van der Waals surface area contributed by atoms with Crippen molar-refractivity contribution in [3.05, 3.63) is 0 Å². The molecule has 0 aliphatic carbocycles. The first-order valence-corrected chi connectivity index (χ1v) is 9.75. The maximum atomic E-state index is 11.0. The van der Waals surface area contributed by atoms with Gasteiger partial charge in [-0.05, 0) is 24.7 Å². The largest absolute Gasteiger partial charge is 0.759 e. The second-order valence-electron chi connectivity index (χ2n) is 6.06. The van der Waals surface area contributed by atoms with E-state index in [2.05, 4.69) is 32.5 Å². The molecule has 1 N–H and O–H groups in total. The van der Waals surface area contributed by atoms with Crippen LogP contribution in [0.1, 0.15) is 79.1 Å². The normalized spacial score (nSPS) is 16.1. The van der Waals surface area contributed by atoms with Crippen LogP contribution in [0.3, 0.4) is 0 Å². The van der Waals surface area contributed by atoms with E-state index in [-0.39, 0.29) is 0 Å². The Morgan fingerprint density at radius 1 is 0.952 bits per heavy atom. The Morgan fingerprint density at radius 2 is 1.38 bits per heavy atom. The zero-order valence-corrected chi connectivity index (χ0v) is 15.2. The van der Waals surface area contributed by atoms with E-state index in [4.69, 9.17) is 0 Å². The number of nitrogens with one attached hydrogen (secondary N) is 1. The van der Waals surface area contributed by atoms with Crippen molar-refractivity contribution in [3.63, 3.8) is 0 Å². The third-order valence-corrected chi connectivity index (χ3v) is 4.65. The van der Waals surface area contributed by atoms with Gasteiger partial charge >= 0.3 is 0 Å². The van der Waals surface area contributed by atoms with Gasteiger partial charge in [0.25, 0.3) is 0 Å². The standard InChI is InChI=1S/C16H36N2O2S/c1-5-9-11-15(7-3)13-18(17-21(19)20)14-16(8-4)12-10-6-2/h15-17H,5-14H2,1-4H3,(H,19,20)/p-1. The monoisotopic (exact) mass is 319 g/mol. The fourth-order valence-electron chi connectivity index (χ4n) is 2.71. The summed E-state index contributed by atoms with van der Waals surface area (Å²) in [5, 5.41) is 1.93. The van der Waals surface area contributed by atoms with E-state index in [9.17, 15) is 8.76 Å². The molecule has 0 fully saturated rings. The van der Waals surface area contributed by atoms with E-state index in [0.717, 1.165) is 25.9 Å². The van der Waals surface area contributed by atoms with E-state index in [1.54, 1.807) is 0 Å². The van der Waals surface area contributed by atoms with Gasteiger partial charge in [-0.25, -0.2) is 5.01 Å². The van der Waals surface area contributed by atoms with E-state index < -0.39 is 11.3 Å². The Bertz CT molecular complexity index is 247. The topological polar surface area (TPSA) is 55.4 Å². The first-order chi connectivity index (χ1) is 10.1. The molecule has 0 saturated carbocycles. The van der Waals surface area contributed by atoms with Gasteiger partial charge in [-0.15, -0.1) is 0 Å². The van der Waals surface area contributed by atoms with E-state index in [1.807, 2.05) is 5.01 Å². The van der Waals surface area contributed by atoms with Gasteiger partial charge in [0.15, 0.2) is 0 Å². The van der Waals surface area contributed by atoms with Crippen molar-refractivity contribution in [2.45, 2.75) is 79.1 Å². The van der Waals surface area contributed by atoms with Crippen LogP contribution < -0.4 is 4.83 Å². The Hall–Kier alpha value is 0.0300. The molecule has 0 rings (SSSR count). The second-order valence-corrected chi connectivity index (χ2v) is 6.72. The number of hydrogen-bond donors (Lipinski definition) is 1. The molecule has 0 aliphatic heterocycles. The molecule has 0 aromatic heterocycles. The number of unbranched alkanes of at least 4 members (excludes halogenated alkanes) is 2. The highest BCUT2D eigenvalue weighted by molar-refractivity contribution is 7.76. The lowest BCUT2D eigenvalue weighted by molar-refractivity contribution is 0.156. The van der Waals surface area contributed by atoms with Crippen molar-refractivity contribution in [1.29, 1.82) is 0 Å². The van der Waals surface area contributed by atoms with Gasteiger partial charge in [0.05, 0.1) is 0 Å². The molecule has 0 aromatic rings. The van der Waals surface area contributed by atoms with Gasteiger partial charge in [-0.3, -0.25) is 4.21 Å². The summed E-state index contributed by atoms with van der Waals surface area (Å²) in [6.07, 6.45) is 9.42. The number of hydrogen-bond acceptors (Lipinski definition) is 3. The predicted molar refractivity (Wildman–Crippen MR) is 90.2 cm³/mol. The molecule has 0 heterocycles. The Balaban J connectivity index is 4.49. The molecule has 0 radical (unpaired) electrons. The van der Waals surface area contributed by atoms with Gasteiger partial charge in [0.2, 0.25) is 0 Å². The Kier molecular flexibility index (Phi) is 13.7. The van der Waals surface area contributed by atoms with Gasteiger partial charge in [0.1, 0.15) is 0 Å². The maximum absolute atomic E-state index is 11.0. The van der Waals surface area contributed by atoms with Crippen LogP contribution in [0.4, 0.5) is 0 Å². The first-order valence-electron chi connectivity index (χ1n) is 8.67. The minimum atomic E-state index is -2.22. The summed E-state index contributed by atoms with van der Waals surface area (Å²) in [6, 6.07) is 0. The van der Waals surface area contributed by atoms with Gasteiger partial charge in [0, 0.05) is 24.4 Å². The highest BCUT2D eigenvalue weighted by Gasteiger charge is 2.16. The molecule has 3 unspecified atom stereocenters. The number of hydrazine groups is 1. The van der Waals surface area contributed by atoms with Crippen molar-refractivity contribution in [1.82, 2.24) is 9.84 Å². The van der Waals surface area contributed by atoms with Crippen LogP contribution in [0.15, 0.2) is 0 Å². The van der Waals surface area contributed by atoms with Gasteiger partial charge in [-0.2, -0.15) is 4.83 Å². The molecule has 5 heteroatoms. The van der Waals surface area contributed by atoms with Crippen LogP contribution >= 0.6 is 0 Å². The van der Waals surface area contributed by atoms with Gasteiger partial charge in [-0.1, -0.05) is 66.2 Å². The Morgan fingerprint density at radius 3 is 1.67 bits per heavy atom. The summed E-state index contributed by atoms with van der Waals surface area (Å²) in [6.45, 7) is 10.4. The van der Waals surface area contributed by atoms with E-state index in [1.165, 1.54) is 38.5 Å². The first kappa shape index (κ1) is 21.0. The molecule has 128 valence electrons. The number of rotatable bonds is 14. The van der Waals surface area contributed by atoms with Crippen molar-refractivity contribution in [2.75, 3.05) is 13.1 Å². The molecular weight excluding hydrogens is 284 g/mol. The number of nitrogens with zero attached hydrogens (tertiary/aromatic N) is 1. The Labute approximate surface area is 134 Å². The molecule has 0 bridgehead atoms. The predicted octanol–water partition coefficient (Wildman–Crippen LogP) is 4.02. The molecule has 0 saturated heterocycles. The molecule has 3 atom stereocenters.